The monoisotopic (exact) mass is 180 g/mol. The molecule has 0 saturated carbocycles. The Morgan fingerprint density at radius 1 is 1.54 bits per heavy atom. The van der Waals surface area contributed by atoms with E-state index in [0.29, 0.717) is 18.8 Å². The topological polar surface area (TPSA) is 54.4 Å². The lowest BCUT2D eigenvalue weighted by molar-refractivity contribution is -0.0151. The molecule has 0 amide bonds. The van der Waals surface area contributed by atoms with Crippen LogP contribution in [-0.4, -0.2) is 30.3 Å². The van der Waals surface area contributed by atoms with Gasteiger partial charge in [-0.3, -0.25) is 4.98 Å². The van der Waals surface area contributed by atoms with Gasteiger partial charge in [0.1, 0.15) is 11.4 Å². The number of nitrogens with zero attached hydrogens (tertiary/aromatic N) is 1. The van der Waals surface area contributed by atoms with Crippen LogP contribution in [0.3, 0.4) is 0 Å². The third-order valence-corrected chi connectivity index (χ3v) is 2.32. The summed E-state index contributed by atoms with van der Waals surface area (Å²) >= 11 is 0. The molecule has 1 aromatic rings. The van der Waals surface area contributed by atoms with Gasteiger partial charge < -0.3 is 15.2 Å². The molecule has 13 heavy (non-hydrogen) atoms. The molecule has 4 nitrogen and oxygen atoms in total. The molecule has 0 aromatic carbocycles. The minimum Gasteiger partial charge on any atom is -0.495 e. The van der Waals surface area contributed by atoms with Gasteiger partial charge in [-0.1, -0.05) is 0 Å². The standard InChI is InChI=1S/C9H12N2O2/c1-13-8-2-7(3-10-4-8)9(12)5-11-6-9/h2-4,11-12H,5-6H2,1H3. The number of hydrogen-bond acceptors (Lipinski definition) is 4. The summed E-state index contributed by atoms with van der Waals surface area (Å²) in [7, 11) is 1.59. The molecule has 0 atom stereocenters. The molecule has 2 rings (SSSR count). The molecular formula is C9H12N2O2. The normalized spacial score (nSPS) is 19.2. The number of pyridine rings is 1. The Morgan fingerprint density at radius 3 is 2.85 bits per heavy atom. The SMILES string of the molecule is COc1cncc(C2(O)CNC2)c1. The molecule has 1 aliphatic rings. The van der Waals surface area contributed by atoms with Gasteiger partial charge >= 0.3 is 0 Å². The lowest BCUT2D eigenvalue weighted by atomic mass is 9.89. The minimum atomic E-state index is -0.748. The van der Waals surface area contributed by atoms with E-state index in [4.69, 9.17) is 4.74 Å². The first-order valence-electron chi connectivity index (χ1n) is 4.17. The van der Waals surface area contributed by atoms with Gasteiger partial charge in [0.05, 0.1) is 13.3 Å². The number of ether oxygens (including phenoxy) is 1. The van der Waals surface area contributed by atoms with Crippen LogP contribution in [0.1, 0.15) is 5.56 Å². The summed E-state index contributed by atoms with van der Waals surface area (Å²) in [4.78, 5) is 3.99. The van der Waals surface area contributed by atoms with Crippen LogP contribution in [-0.2, 0) is 5.60 Å². The average Bonchev–Trinajstić information content (AvgIpc) is 2.14. The molecule has 1 saturated heterocycles. The van der Waals surface area contributed by atoms with E-state index in [-0.39, 0.29) is 0 Å². The van der Waals surface area contributed by atoms with Crippen LogP contribution >= 0.6 is 0 Å². The first-order chi connectivity index (χ1) is 6.24. The van der Waals surface area contributed by atoms with Crippen molar-refractivity contribution in [1.29, 1.82) is 0 Å². The fourth-order valence-corrected chi connectivity index (χ4v) is 1.35. The van der Waals surface area contributed by atoms with E-state index >= 15 is 0 Å². The first-order valence-corrected chi connectivity index (χ1v) is 4.17. The van der Waals surface area contributed by atoms with Gasteiger partial charge in [-0.2, -0.15) is 0 Å². The molecule has 4 heteroatoms. The summed E-state index contributed by atoms with van der Waals surface area (Å²) in [5.74, 6) is 0.679. The number of β-amino-alcohol motifs (C(OH)–C–C–N with tert-alkyl or cyclic N) is 1. The highest BCUT2D eigenvalue weighted by Crippen LogP contribution is 2.26. The number of methoxy groups -OCH3 is 1. The highest BCUT2D eigenvalue weighted by Gasteiger charge is 2.36. The Hall–Kier alpha value is -1.13. The zero-order chi connectivity index (χ0) is 9.31. The summed E-state index contributed by atoms with van der Waals surface area (Å²) < 4.78 is 5.02. The first kappa shape index (κ1) is 8.47. The van der Waals surface area contributed by atoms with Gasteiger partial charge in [-0.25, -0.2) is 0 Å². The number of aromatic nitrogens is 1. The molecule has 1 fully saturated rings. The van der Waals surface area contributed by atoms with Crippen LogP contribution in [0.2, 0.25) is 0 Å². The second kappa shape index (κ2) is 2.97. The minimum absolute atomic E-state index is 0.585. The molecule has 1 aliphatic heterocycles. The molecule has 70 valence electrons. The predicted molar refractivity (Wildman–Crippen MR) is 47.6 cm³/mol. The van der Waals surface area contributed by atoms with Crippen molar-refractivity contribution >= 4 is 0 Å². The molecule has 0 unspecified atom stereocenters. The van der Waals surface area contributed by atoms with Gasteiger partial charge in [0.25, 0.3) is 0 Å². The summed E-state index contributed by atoms with van der Waals surface area (Å²) in [5.41, 5.74) is 0.0623. The Morgan fingerprint density at radius 2 is 2.31 bits per heavy atom. The molecule has 0 bridgehead atoms. The van der Waals surface area contributed by atoms with E-state index < -0.39 is 5.60 Å². The van der Waals surface area contributed by atoms with Gasteiger partial charge in [-0.15, -0.1) is 0 Å². The van der Waals surface area contributed by atoms with E-state index in [0.717, 1.165) is 5.56 Å². The summed E-state index contributed by atoms with van der Waals surface area (Å²) in [6, 6.07) is 1.81. The van der Waals surface area contributed by atoms with Crippen LogP contribution in [0.25, 0.3) is 0 Å². The highest BCUT2D eigenvalue weighted by atomic mass is 16.5. The summed E-state index contributed by atoms with van der Waals surface area (Å²) in [5, 5.41) is 13.0. The van der Waals surface area contributed by atoms with Crippen molar-refractivity contribution < 1.29 is 9.84 Å². The van der Waals surface area contributed by atoms with E-state index in [1.165, 1.54) is 0 Å². The van der Waals surface area contributed by atoms with Crippen LogP contribution in [0.15, 0.2) is 18.5 Å². The lowest BCUT2D eigenvalue weighted by Crippen LogP contribution is -2.56. The molecule has 0 radical (unpaired) electrons. The van der Waals surface area contributed by atoms with Crippen molar-refractivity contribution in [3.8, 4) is 5.75 Å². The summed E-state index contributed by atoms with van der Waals surface area (Å²) in [6.45, 7) is 1.17. The maximum absolute atomic E-state index is 9.94. The molecule has 1 aromatic heterocycles. The smallest absolute Gasteiger partial charge is 0.137 e. The fourth-order valence-electron chi connectivity index (χ4n) is 1.35. The maximum Gasteiger partial charge on any atom is 0.137 e. The number of aliphatic hydroxyl groups is 1. The molecule has 0 aliphatic carbocycles. The zero-order valence-corrected chi connectivity index (χ0v) is 7.45. The van der Waals surface area contributed by atoms with Crippen molar-refractivity contribution in [3.63, 3.8) is 0 Å². The second-order valence-electron chi connectivity index (χ2n) is 3.25. The van der Waals surface area contributed by atoms with Crippen molar-refractivity contribution in [1.82, 2.24) is 10.3 Å². The van der Waals surface area contributed by atoms with Gasteiger partial charge in [-0.05, 0) is 6.07 Å². The Kier molecular flexibility index (Phi) is 1.94. The third kappa shape index (κ3) is 1.38. The lowest BCUT2D eigenvalue weighted by Gasteiger charge is -2.37. The number of nitrogens with one attached hydrogen (secondary N) is 1. The van der Waals surface area contributed by atoms with Crippen molar-refractivity contribution in [2.24, 2.45) is 0 Å². The summed E-state index contributed by atoms with van der Waals surface area (Å²) in [6.07, 6.45) is 3.29. The van der Waals surface area contributed by atoms with E-state index in [9.17, 15) is 5.11 Å². The van der Waals surface area contributed by atoms with Gasteiger partial charge in [0.15, 0.2) is 0 Å². The third-order valence-electron chi connectivity index (χ3n) is 2.32. The van der Waals surface area contributed by atoms with Crippen molar-refractivity contribution in [2.75, 3.05) is 20.2 Å². The molecule has 2 heterocycles. The largest absolute Gasteiger partial charge is 0.495 e. The Balaban J connectivity index is 2.29. The average molecular weight is 180 g/mol. The van der Waals surface area contributed by atoms with Crippen molar-refractivity contribution in [3.05, 3.63) is 24.0 Å². The maximum atomic E-state index is 9.94. The van der Waals surface area contributed by atoms with Crippen LogP contribution in [0.5, 0.6) is 5.75 Å². The van der Waals surface area contributed by atoms with E-state index in [2.05, 4.69) is 10.3 Å². The number of rotatable bonds is 2. The second-order valence-corrected chi connectivity index (χ2v) is 3.25. The van der Waals surface area contributed by atoms with E-state index in [1.807, 2.05) is 6.07 Å². The molecule has 0 spiro atoms. The van der Waals surface area contributed by atoms with E-state index in [1.54, 1.807) is 19.5 Å². The zero-order valence-electron chi connectivity index (χ0n) is 7.45. The highest BCUT2D eigenvalue weighted by molar-refractivity contribution is 5.30. The van der Waals surface area contributed by atoms with Crippen LogP contribution in [0, 0.1) is 0 Å². The fraction of sp³-hybridized carbons (Fsp3) is 0.444. The molecular weight excluding hydrogens is 168 g/mol. The Bertz CT molecular complexity index is 310. The van der Waals surface area contributed by atoms with Crippen LogP contribution in [0.4, 0.5) is 0 Å². The Labute approximate surface area is 76.6 Å². The van der Waals surface area contributed by atoms with Crippen LogP contribution < -0.4 is 10.1 Å². The predicted octanol–water partition coefficient (Wildman–Crippen LogP) is -0.119. The van der Waals surface area contributed by atoms with Crippen molar-refractivity contribution in [2.45, 2.75) is 5.60 Å². The number of hydrogen-bond donors (Lipinski definition) is 2. The molecule has 2 N–H and O–H groups in total. The quantitative estimate of drug-likeness (QED) is 0.666. The van der Waals surface area contributed by atoms with Gasteiger partial charge in [0.2, 0.25) is 0 Å². The van der Waals surface area contributed by atoms with Gasteiger partial charge in [0, 0.05) is 24.8 Å².